The maximum atomic E-state index is 10.6. The highest BCUT2D eigenvalue weighted by Gasteiger charge is 2.08. The van der Waals surface area contributed by atoms with Crippen molar-refractivity contribution in [2.24, 2.45) is 0 Å². The van der Waals surface area contributed by atoms with Gasteiger partial charge in [0.1, 0.15) is 0 Å². The molecule has 0 fully saturated rings. The van der Waals surface area contributed by atoms with E-state index >= 15 is 0 Å². The van der Waals surface area contributed by atoms with E-state index in [9.17, 15) is 8.42 Å². The zero-order chi connectivity index (χ0) is 17.5. The Hall–Kier alpha value is -2.17. The fraction of sp³-hybridized carbons (Fsp3) is 0.200. The number of rotatable bonds is 3. The molecule has 24 heavy (non-hydrogen) atoms. The summed E-state index contributed by atoms with van der Waals surface area (Å²) in [5.41, 5.74) is 3.73. The molecule has 0 bridgehead atoms. The molecule has 0 aliphatic carbocycles. The number of fused-ring (bicyclic) bond motifs is 1. The van der Waals surface area contributed by atoms with Gasteiger partial charge < -0.3 is 0 Å². The Morgan fingerprint density at radius 1 is 0.792 bits per heavy atom. The van der Waals surface area contributed by atoms with Crippen LogP contribution < -0.4 is 4.72 Å². The van der Waals surface area contributed by atoms with E-state index in [2.05, 4.69) is 42.8 Å². The van der Waals surface area contributed by atoms with Crippen LogP contribution in [0.1, 0.15) is 29.7 Å². The first-order chi connectivity index (χ1) is 11.5. The van der Waals surface area contributed by atoms with Gasteiger partial charge in [0.15, 0.2) is 0 Å². The Morgan fingerprint density at radius 2 is 1.33 bits per heavy atom. The third kappa shape index (κ3) is 4.91. The van der Waals surface area contributed by atoms with Crippen LogP contribution >= 0.6 is 0 Å². The molecule has 0 saturated carbocycles. The van der Waals surface area contributed by atoms with E-state index in [0.717, 1.165) is 16.3 Å². The SMILES string of the molecule is CC(N[SH](=O)=O)c1cccc2ccccc12.Cc1ccccc1C. The van der Waals surface area contributed by atoms with E-state index in [1.165, 1.54) is 11.1 Å². The summed E-state index contributed by atoms with van der Waals surface area (Å²) in [6.07, 6.45) is 0. The van der Waals surface area contributed by atoms with Gasteiger partial charge >= 0.3 is 0 Å². The average Bonchev–Trinajstić information content (AvgIpc) is 2.57. The number of benzene rings is 3. The summed E-state index contributed by atoms with van der Waals surface area (Å²) in [6.45, 7) is 6.08. The Morgan fingerprint density at radius 3 is 1.92 bits per heavy atom. The number of nitrogens with one attached hydrogen (secondary N) is 1. The second kappa shape index (κ2) is 8.62. The number of thiol groups is 1. The second-order valence-corrected chi connectivity index (χ2v) is 6.53. The molecule has 3 aromatic rings. The molecule has 1 unspecified atom stereocenters. The molecule has 0 saturated heterocycles. The average molecular weight is 341 g/mol. The first-order valence-electron chi connectivity index (χ1n) is 7.89. The number of hydrogen-bond acceptors (Lipinski definition) is 2. The largest absolute Gasteiger partial charge is 0.215 e. The lowest BCUT2D eigenvalue weighted by Gasteiger charge is -2.12. The van der Waals surface area contributed by atoms with Gasteiger partial charge in [-0.05, 0) is 48.2 Å². The molecule has 0 heterocycles. The highest BCUT2D eigenvalue weighted by Crippen LogP contribution is 2.23. The molecular weight excluding hydrogens is 318 g/mol. The fourth-order valence-corrected chi connectivity index (χ4v) is 2.97. The smallest absolute Gasteiger partial charge is 0.201 e. The van der Waals surface area contributed by atoms with Gasteiger partial charge in [-0.1, -0.05) is 66.7 Å². The van der Waals surface area contributed by atoms with Gasteiger partial charge in [-0.15, -0.1) is 0 Å². The Balaban J connectivity index is 0.000000219. The van der Waals surface area contributed by atoms with Gasteiger partial charge in [-0.3, -0.25) is 0 Å². The topological polar surface area (TPSA) is 46.2 Å². The summed E-state index contributed by atoms with van der Waals surface area (Å²) in [5, 5.41) is 2.21. The van der Waals surface area contributed by atoms with Crippen LogP contribution in [0, 0.1) is 13.8 Å². The van der Waals surface area contributed by atoms with Gasteiger partial charge in [-0.2, -0.15) is 0 Å². The van der Waals surface area contributed by atoms with Crippen LogP contribution in [0.15, 0.2) is 66.7 Å². The minimum atomic E-state index is -2.57. The van der Waals surface area contributed by atoms with Crippen molar-refractivity contribution in [2.75, 3.05) is 0 Å². The van der Waals surface area contributed by atoms with Crippen LogP contribution in [0.4, 0.5) is 0 Å². The lowest BCUT2D eigenvalue weighted by molar-refractivity contribution is 0.588. The molecule has 0 aliphatic rings. The van der Waals surface area contributed by atoms with Crippen LogP contribution in [0.5, 0.6) is 0 Å². The molecule has 3 aromatic carbocycles. The van der Waals surface area contributed by atoms with E-state index in [1.807, 2.05) is 49.4 Å². The third-order valence-electron chi connectivity index (χ3n) is 4.01. The van der Waals surface area contributed by atoms with Crippen molar-refractivity contribution in [1.29, 1.82) is 0 Å². The van der Waals surface area contributed by atoms with E-state index in [1.54, 1.807) is 0 Å². The minimum Gasteiger partial charge on any atom is -0.215 e. The maximum Gasteiger partial charge on any atom is 0.201 e. The molecular formula is C20H23NO2S. The lowest BCUT2D eigenvalue weighted by Crippen LogP contribution is -2.16. The normalized spacial score (nSPS) is 11.8. The molecule has 1 atom stereocenters. The van der Waals surface area contributed by atoms with Crippen molar-refractivity contribution < 1.29 is 8.42 Å². The minimum absolute atomic E-state index is 0.202. The highest BCUT2D eigenvalue weighted by molar-refractivity contribution is 7.70. The molecule has 126 valence electrons. The highest BCUT2D eigenvalue weighted by atomic mass is 32.2. The standard InChI is InChI=1S/C12H13NO2S.C8H10/c1-9(13-16(14)15)11-8-4-6-10-5-2-3-7-12(10)11;1-7-5-3-4-6-8(7)2/h2-9,16H,1H3,(H,13,14,15);3-6H,1-2H3. The summed E-state index contributed by atoms with van der Waals surface area (Å²) in [5.74, 6) is 0. The van der Waals surface area contributed by atoms with E-state index in [-0.39, 0.29) is 6.04 Å². The number of hydrogen-bond donors (Lipinski definition) is 2. The van der Waals surface area contributed by atoms with Crippen LogP contribution in [0.3, 0.4) is 0 Å². The lowest BCUT2D eigenvalue weighted by atomic mass is 10.0. The van der Waals surface area contributed by atoms with Crippen LogP contribution in [-0.4, -0.2) is 8.42 Å². The second-order valence-electron chi connectivity index (χ2n) is 5.76. The Labute approximate surface area is 145 Å². The molecule has 3 nitrogen and oxygen atoms in total. The van der Waals surface area contributed by atoms with Gasteiger partial charge in [0.25, 0.3) is 0 Å². The van der Waals surface area contributed by atoms with Crippen molar-refractivity contribution >= 4 is 21.7 Å². The number of aryl methyl sites for hydroxylation is 2. The van der Waals surface area contributed by atoms with Crippen molar-refractivity contribution in [3.63, 3.8) is 0 Å². The molecule has 0 amide bonds. The summed E-state index contributed by atoms with van der Waals surface area (Å²) >= 11 is 0. The fourth-order valence-electron chi connectivity index (χ4n) is 2.52. The molecule has 0 aromatic heterocycles. The molecule has 0 radical (unpaired) electrons. The maximum absolute atomic E-state index is 10.6. The van der Waals surface area contributed by atoms with Crippen molar-refractivity contribution in [3.05, 3.63) is 83.4 Å². The monoisotopic (exact) mass is 341 g/mol. The summed E-state index contributed by atoms with van der Waals surface area (Å²) < 4.78 is 23.8. The van der Waals surface area contributed by atoms with Crippen LogP contribution in [-0.2, 0) is 10.9 Å². The first-order valence-corrected chi connectivity index (χ1v) is 9.07. The van der Waals surface area contributed by atoms with Gasteiger partial charge in [0, 0.05) is 6.04 Å². The first kappa shape index (κ1) is 18.2. The van der Waals surface area contributed by atoms with Crippen LogP contribution in [0.2, 0.25) is 0 Å². The Bertz CT molecular complexity index is 853. The van der Waals surface area contributed by atoms with Crippen molar-refractivity contribution in [1.82, 2.24) is 4.72 Å². The zero-order valence-electron chi connectivity index (χ0n) is 14.2. The predicted octanol–water partition coefficient (Wildman–Crippen LogP) is 4.32. The van der Waals surface area contributed by atoms with E-state index in [4.69, 9.17) is 0 Å². The summed E-state index contributed by atoms with van der Waals surface area (Å²) in [4.78, 5) is 0. The molecule has 0 spiro atoms. The van der Waals surface area contributed by atoms with E-state index < -0.39 is 10.9 Å². The van der Waals surface area contributed by atoms with E-state index in [0.29, 0.717) is 0 Å². The molecule has 4 heteroatoms. The van der Waals surface area contributed by atoms with Crippen LogP contribution in [0.25, 0.3) is 10.8 Å². The predicted molar refractivity (Wildman–Crippen MR) is 102 cm³/mol. The third-order valence-corrected chi connectivity index (χ3v) is 4.61. The molecule has 1 N–H and O–H groups in total. The quantitative estimate of drug-likeness (QED) is 0.697. The zero-order valence-corrected chi connectivity index (χ0v) is 15.1. The van der Waals surface area contributed by atoms with Crippen molar-refractivity contribution in [3.8, 4) is 0 Å². The summed E-state index contributed by atoms with van der Waals surface area (Å²) in [6, 6.07) is 22.0. The molecule has 0 aliphatic heterocycles. The summed E-state index contributed by atoms with van der Waals surface area (Å²) in [7, 11) is -2.57. The van der Waals surface area contributed by atoms with Gasteiger partial charge in [-0.25, -0.2) is 13.1 Å². The van der Waals surface area contributed by atoms with Crippen molar-refractivity contribution in [2.45, 2.75) is 26.8 Å². The Kier molecular flexibility index (Phi) is 6.53. The van der Waals surface area contributed by atoms with Gasteiger partial charge in [0.05, 0.1) is 0 Å². The molecule has 3 rings (SSSR count). The van der Waals surface area contributed by atoms with Gasteiger partial charge in [0.2, 0.25) is 10.9 Å².